The molecule has 0 spiro atoms. The van der Waals surface area contributed by atoms with Crippen molar-refractivity contribution in [3.05, 3.63) is 42.1 Å². The van der Waals surface area contributed by atoms with Gasteiger partial charge >= 0.3 is 0 Å². The fourth-order valence-electron chi connectivity index (χ4n) is 1.75. The Morgan fingerprint density at radius 1 is 1.50 bits per heavy atom. The van der Waals surface area contributed by atoms with Gasteiger partial charge < -0.3 is 9.73 Å². The Labute approximate surface area is 95.3 Å². The first-order chi connectivity index (χ1) is 7.81. The van der Waals surface area contributed by atoms with Crippen molar-refractivity contribution < 1.29 is 4.42 Å². The van der Waals surface area contributed by atoms with Crippen LogP contribution >= 0.6 is 0 Å². The molecule has 2 aromatic rings. The number of aromatic nitrogens is 2. The number of nitrogens with one attached hydrogen (secondary N) is 1. The fraction of sp³-hybridized carbons (Fsp3) is 0.417. The normalized spacial score (nSPS) is 12.9. The first kappa shape index (κ1) is 11.0. The lowest BCUT2D eigenvalue weighted by molar-refractivity contribution is 0.548. The average molecular weight is 219 g/mol. The Hall–Kier alpha value is -1.55. The van der Waals surface area contributed by atoms with Gasteiger partial charge in [-0.15, -0.1) is 0 Å². The second kappa shape index (κ2) is 4.99. The van der Waals surface area contributed by atoms with Gasteiger partial charge in [0.05, 0.1) is 24.8 Å². The van der Waals surface area contributed by atoms with Gasteiger partial charge in [-0.25, -0.2) is 0 Å². The summed E-state index contributed by atoms with van der Waals surface area (Å²) in [7, 11) is 1.93. The molecule has 16 heavy (non-hydrogen) atoms. The predicted molar refractivity (Wildman–Crippen MR) is 62.1 cm³/mol. The minimum atomic E-state index is 0.174. The van der Waals surface area contributed by atoms with Crippen LogP contribution in [0.25, 0.3) is 0 Å². The molecule has 1 atom stereocenters. The summed E-state index contributed by atoms with van der Waals surface area (Å²) in [5, 5.41) is 7.69. The first-order valence-corrected chi connectivity index (χ1v) is 5.55. The maximum atomic E-state index is 5.14. The largest absolute Gasteiger partial charge is 0.472 e. The van der Waals surface area contributed by atoms with E-state index >= 15 is 0 Å². The van der Waals surface area contributed by atoms with Crippen molar-refractivity contribution >= 4 is 0 Å². The number of hydrogen-bond acceptors (Lipinski definition) is 3. The van der Waals surface area contributed by atoms with Crippen LogP contribution in [0.4, 0.5) is 0 Å². The van der Waals surface area contributed by atoms with Crippen molar-refractivity contribution in [1.29, 1.82) is 0 Å². The zero-order valence-corrected chi connectivity index (χ0v) is 9.68. The fourth-order valence-corrected chi connectivity index (χ4v) is 1.75. The van der Waals surface area contributed by atoms with E-state index in [1.165, 1.54) is 0 Å². The van der Waals surface area contributed by atoms with Gasteiger partial charge in [-0.2, -0.15) is 5.10 Å². The second-order valence-corrected chi connectivity index (χ2v) is 3.89. The van der Waals surface area contributed by atoms with E-state index in [2.05, 4.69) is 17.3 Å². The minimum absolute atomic E-state index is 0.174. The van der Waals surface area contributed by atoms with Crippen molar-refractivity contribution in [2.24, 2.45) is 7.05 Å². The summed E-state index contributed by atoms with van der Waals surface area (Å²) >= 11 is 0. The van der Waals surface area contributed by atoms with E-state index in [0.29, 0.717) is 0 Å². The number of furan rings is 1. The molecule has 0 aliphatic heterocycles. The SMILES string of the molecule is CCCNC(c1ccoc1)c1cnn(C)c1. The molecule has 0 bridgehead atoms. The van der Waals surface area contributed by atoms with Crippen LogP contribution in [0.5, 0.6) is 0 Å². The first-order valence-electron chi connectivity index (χ1n) is 5.55. The number of nitrogens with zero attached hydrogens (tertiary/aromatic N) is 2. The molecule has 2 aromatic heterocycles. The molecule has 2 heterocycles. The average Bonchev–Trinajstić information content (AvgIpc) is 2.91. The summed E-state index contributed by atoms with van der Waals surface area (Å²) in [6, 6.07) is 2.16. The van der Waals surface area contributed by atoms with E-state index in [1.807, 2.05) is 30.2 Å². The van der Waals surface area contributed by atoms with E-state index < -0.39 is 0 Å². The summed E-state index contributed by atoms with van der Waals surface area (Å²) in [5.41, 5.74) is 2.30. The van der Waals surface area contributed by atoms with Crippen LogP contribution in [-0.4, -0.2) is 16.3 Å². The molecule has 4 nitrogen and oxygen atoms in total. The predicted octanol–water partition coefficient (Wildman–Crippen LogP) is 2.10. The Bertz CT molecular complexity index is 419. The van der Waals surface area contributed by atoms with Crippen LogP contribution < -0.4 is 5.32 Å². The molecule has 4 heteroatoms. The van der Waals surface area contributed by atoms with Gasteiger partial charge in [-0.05, 0) is 19.0 Å². The molecule has 0 saturated carbocycles. The van der Waals surface area contributed by atoms with Crippen LogP contribution in [0.2, 0.25) is 0 Å². The lowest BCUT2D eigenvalue weighted by Gasteiger charge is -2.15. The third kappa shape index (κ3) is 2.33. The molecule has 0 aliphatic carbocycles. The standard InChI is InChI=1S/C12H17N3O/c1-3-5-13-12(10-4-6-16-9-10)11-7-14-15(2)8-11/h4,6-9,12-13H,3,5H2,1-2H3. The molecule has 0 aliphatic rings. The van der Waals surface area contributed by atoms with E-state index in [0.717, 1.165) is 24.1 Å². The lowest BCUT2D eigenvalue weighted by atomic mass is 10.1. The van der Waals surface area contributed by atoms with Gasteiger partial charge in [-0.3, -0.25) is 4.68 Å². The summed E-state index contributed by atoms with van der Waals surface area (Å²) in [6.45, 7) is 3.13. The second-order valence-electron chi connectivity index (χ2n) is 3.89. The number of rotatable bonds is 5. The van der Waals surface area contributed by atoms with Crippen LogP contribution in [0.15, 0.2) is 35.4 Å². The molecule has 1 N–H and O–H groups in total. The van der Waals surface area contributed by atoms with Crippen molar-refractivity contribution in [1.82, 2.24) is 15.1 Å². The molecular formula is C12H17N3O. The van der Waals surface area contributed by atoms with Crippen LogP contribution in [-0.2, 0) is 7.05 Å². The Morgan fingerprint density at radius 3 is 2.94 bits per heavy atom. The van der Waals surface area contributed by atoms with Crippen LogP contribution in [0, 0.1) is 0 Å². The number of aryl methyl sites for hydroxylation is 1. The highest BCUT2D eigenvalue weighted by molar-refractivity contribution is 5.25. The highest BCUT2D eigenvalue weighted by atomic mass is 16.3. The molecule has 0 radical (unpaired) electrons. The zero-order chi connectivity index (χ0) is 11.4. The monoisotopic (exact) mass is 219 g/mol. The lowest BCUT2D eigenvalue weighted by Crippen LogP contribution is -2.22. The van der Waals surface area contributed by atoms with Crippen molar-refractivity contribution in [2.45, 2.75) is 19.4 Å². The maximum Gasteiger partial charge on any atom is 0.0953 e. The third-order valence-electron chi connectivity index (χ3n) is 2.53. The van der Waals surface area contributed by atoms with Crippen molar-refractivity contribution in [3.8, 4) is 0 Å². The number of hydrogen-bond donors (Lipinski definition) is 1. The minimum Gasteiger partial charge on any atom is -0.472 e. The van der Waals surface area contributed by atoms with Crippen LogP contribution in [0.1, 0.15) is 30.5 Å². The van der Waals surface area contributed by atoms with Gasteiger partial charge in [0.1, 0.15) is 0 Å². The van der Waals surface area contributed by atoms with Gasteiger partial charge in [0.15, 0.2) is 0 Å². The summed E-state index contributed by atoms with van der Waals surface area (Å²) < 4.78 is 6.95. The smallest absolute Gasteiger partial charge is 0.0953 e. The molecular weight excluding hydrogens is 202 g/mol. The summed E-state index contributed by atoms with van der Waals surface area (Å²) in [4.78, 5) is 0. The summed E-state index contributed by atoms with van der Waals surface area (Å²) in [6.07, 6.45) is 8.50. The van der Waals surface area contributed by atoms with E-state index in [-0.39, 0.29) is 6.04 Å². The molecule has 0 aromatic carbocycles. The molecule has 2 rings (SSSR count). The van der Waals surface area contributed by atoms with Gasteiger partial charge in [0.2, 0.25) is 0 Å². The molecule has 1 unspecified atom stereocenters. The van der Waals surface area contributed by atoms with Crippen LogP contribution in [0.3, 0.4) is 0 Å². The van der Waals surface area contributed by atoms with E-state index in [1.54, 1.807) is 12.5 Å². The van der Waals surface area contributed by atoms with Crippen molar-refractivity contribution in [2.75, 3.05) is 6.54 Å². The third-order valence-corrected chi connectivity index (χ3v) is 2.53. The van der Waals surface area contributed by atoms with E-state index in [4.69, 9.17) is 4.42 Å². The molecule has 0 saturated heterocycles. The molecule has 0 fully saturated rings. The van der Waals surface area contributed by atoms with Gasteiger partial charge in [-0.1, -0.05) is 6.92 Å². The quantitative estimate of drug-likeness (QED) is 0.837. The highest BCUT2D eigenvalue weighted by Crippen LogP contribution is 2.21. The van der Waals surface area contributed by atoms with Crippen molar-refractivity contribution in [3.63, 3.8) is 0 Å². The Morgan fingerprint density at radius 2 is 2.38 bits per heavy atom. The Balaban J connectivity index is 2.21. The van der Waals surface area contributed by atoms with Gasteiger partial charge in [0.25, 0.3) is 0 Å². The summed E-state index contributed by atoms with van der Waals surface area (Å²) in [5.74, 6) is 0. The molecule has 0 amide bonds. The van der Waals surface area contributed by atoms with Gasteiger partial charge in [0, 0.05) is 24.4 Å². The van der Waals surface area contributed by atoms with E-state index in [9.17, 15) is 0 Å². The molecule has 86 valence electrons. The topological polar surface area (TPSA) is 43.0 Å². The Kier molecular flexibility index (Phi) is 3.41. The highest BCUT2D eigenvalue weighted by Gasteiger charge is 2.15. The maximum absolute atomic E-state index is 5.14. The zero-order valence-electron chi connectivity index (χ0n) is 9.68.